The quantitative estimate of drug-likeness (QED) is 0.477. The maximum Gasteiger partial charge on any atom is 0.251 e. The van der Waals surface area contributed by atoms with E-state index in [0.29, 0.717) is 25.0 Å². The molecular formula is C33H40N4O4. The lowest BCUT2D eigenvalue weighted by Gasteiger charge is -2.45. The van der Waals surface area contributed by atoms with Crippen LogP contribution in [0.4, 0.5) is 0 Å². The van der Waals surface area contributed by atoms with Gasteiger partial charge in [0.2, 0.25) is 5.91 Å². The molecule has 2 amide bonds. The third-order valence-corrected chi connectivity index (χ3v) is 9.27. The van der Waals surface area contributed by atoms with Crippen molar-refractivity contribution in [3.8, 4) is 5.75 Å². The van der Waals surface area contributed by atoms with Crippen LogP contribution in [0, 0.1) is 11.3 Å². The van der Waals surface area contributed by atoms with Gasteiger partial charge in [0.15, 0.2) is 5.96 Å². The third kappa shape index (κ3) is 5.03. The Morgan fingerprint density at radius 2 is 1.98 bits per heavy atom. The zero-order valence-corrected chi connectivity index (χ0v) is 24.4. The summed E-state index contributed by atoms with van der Waals surface area (Å²) in [5, 5.41) is 15.7. The molecule has 3 N–H and O–H groups in total. The van der Waals surface area contributed by atoms with Gasteiger partial charge in [0, 0.05) is 36.1 Å². The van der Waals surface area contributed by atoms with E-state index in [1.807, 2.05) is 44.2 Å². The standard InChI is InChI=1S/C33H40N4O4/c1-5-33-13-7-6-8-20-9-12-27-25(14-20)26(17-32(2,3)41-27)35-30(39)22-11-10-21-15-23(19-40-4)29(24(21)16-22)37(28(38)18-33)31(34)36-33/h6,8-12,14,16,23,26,29H,5,7,13,15,17-19H2,1-4H3,(H2,34,36)(H,35,39)/b8-6-/t23-,26-,29+,33+/m0/s1. The number of nitrogens with one attached hydrogen (secondary N) is 3. The zero-order valence-electron chi connectivity index (χ0n) is 24.4. The van der Waals surface area contributed by atoms with E-state index in [1.165, 1.54) is 0 Å². The number of carbonyl (C=O) groups excluding carboxylic acids is 2. The maximum atomic E-state index is 13.8. The lowest BCUT2D eigenvalue weighted by molar-refractivity contribution is -0.133. The van der Waals surface area contributed by atoms with Crippen molar-refractivity contribution in [3.05, 3.63) is 70.3 Å². The second kappa shape index (κ2) is 10.3. The number of hydrogen-bond acceptors (Lipinski definition) is 5. The highest BCUT2D eigenvalue weighted by Crippen LogP contribution is 2.44. The van der Waals surface area contributed by atoms with E-state index in [0.717, 1.165) is 53.7 Å². The Balaban J connectivity index is 1.45. The lowest BCUT2D eigenvalue weighted by Crippen LogP contribution is -2.63. The third-order valence-electron chi connectivity index (χ3n) is 9.27. The summed E-state index contributed by atoms with van der Waals surface area (Å²) in [6.07, 6.45) is 8.16. The van der Waals surface area contributed by atoms with E-state index in [-0.39, 0.29) is 35.8 Å². The van der Waals surface area contributed by atoms with Crippen molar-refractivity contribution in [1.82, 2.24) is 15.5 Å². The molecule has 4 aliphatic heterocycles. The Labute approximate surface area is 242 Å². The minimum absolute atomic E-state index is 0.0105. The molecule has 8 heteroatoms. The van der Waals surface area contributed by atoms with E-state index < -0.39 is 11.1 Å². The highest BCUT2D eigenvalue weighted by atomic mass is 16.5. The predicted molar refractivity (Wildman–Crippen MR) is 158 cm³/mol. The minimum Gasteiger partial charge on any atom is -0.487 e. The summed E-state index contributed by atoms with van der Waals surface area (Å²) in [5.41, 5.74) is 3.67. The molecule has 7 rings (SSSR count). The number of fused-ring (bicyclic) bond motifs is 5. The van der Waals surface area contributed by atoms with Crippen molar-refractivity contribution in [3.63, 3.8) is 0 Å². The second-order valence-electron chi connectivity index (χ2n) is 12.7. The van der Waals surface area contributed by atoms with Gasteiger partial charge in [-0.25, -0.2) is 0 Å². The first-order chi connectivity index (χ1) is 19.6. The normalized spacial score (nSPS) is 29.2. The highest BCUT2D eigenvalue weighted by molar-refractivity contribution is 6.00. The number of allylic oxidation sites excluding steroid dienone is 1. The largest absolute Gasteiger partial charge is 0.487 e. The Morgan fingerprint density at radius 1 is 1.15 bits per heavy atom. The molecule has 1 fully saturated rings. The van der Waals surface area contributed by atoms with Gasteiger partial charge < -0.3 is 20.1 Å². The van der Waals surface area contributed by atoms with Crippen LogP contribution in [0.25, 0.3) is 6.08 Å². The average molecular weight is 557 g/mol. The first kappa shape index (κ1) is 27.5. The van der Waals surface area contributed by atoms with Gasteiger partial charge in [-0.2, -0.15) is 0 Å². The van der Waals surface area contributed by atoms with E-state index in [1.54, 1.807) is 12.0 Å². The van der Waals surface area contributed by atoms with Crippen molar-refractivity contribution in [1.29, 1.82) is 5.41 Å². The molecule has 4 heterocycles. The number of rotatable bonds is 3. The number of hydrogen-bond donors (Lipinski definition) is 3. The zero-order chi connectivity index (χ0) is 28.9. The van der Waals surface area contributed by atoms with E-state index >= 15 is 0 Å². The summed E-state index contributed by atoms with van der Waals surface area (Å²) in [6.45, 7) is 6.63. The Hall–Kier alpha value is -3.65. The van der Waals surface area contributed by atoms with Gasteiger partial charge in [-0.15, -0.1) is 0 Å². The second-order valence-corrected chi connectivity index (χ2v) is 12.7. The molecule has 0 radical (unpaired) electrons. The van der Waals surface area contributed by atoms with E-state index in [2.05, 4.69) is 35.8 Å². The molecule has 0 aromatic heterocycles. The van der Waals surface area contributed by atoms with Crippen molar-refractivity contribution >= 4 is 23.8 Å². The van der Waals surface area contributed by atoms with Crippen LogP contribution in [0.2, 0.25) is 0 Å². The van der Waals surface area contributed by atoms with Crippen LogP contribution >= 0.6 is 0 Å². The molecule has 0 saturated carbocycles. The molecule has 41 heavy (non-hydrogen) atoms. The molecule has 6 bridgehead atoms. The molecule has 0 spiro atoms. The first-order valence-electron chi connectivity index (χ1n) is 14.7. The fraction of sp³-hybridized carbons (Fsp3) is 0.485. The van der Waals surface area contributed by atoms with Crippen molar-refractivity contribution < 1.29 is 19.1 Å². The summed E-state index contributed by atoms with van der Waals surface area (Å²) < 4.78 is 11.9. The molecule has 8 nitrogen and oxygen atoms in total. The molecule has 4 atom stereocenters. The fourth-order valence-corrected chi connectivity index (χ4v) is 7.18. The van der Waals surface area contributed by atoms with Crippen LogP contribution in [0.1, 0.15) is 97.6 Å². The highest BCUT2D eigenvalue weighted by Gasteiger charge is 2.47. The number of carbonyl (C=O) groups is 2. The first-order valence-corrected chi connectivity index (χ1v) is 14.7. The van der Waals surface area contributed by atoms with Crippen molar-refractivity contribution in [2.45, 2.75) is 82.5 Å². The number of benzene rings is 2. The van der Waals surface area contributed by atoms with Crippen LogP contribution in [-0.4, -0.2) is 47.5 Å². The average Bonchev–Trinajstić information content (AvgIpc) is 3.27. The van der Waals surface area contributed by atoms with Crippen LogP contribution in [-0.2, 0) is 16.0 Å². The van der Waals surface area contributed by atoms with Gasteiger partial charge >= 0.3 is 0 Å². The van der Waals surface area contributed by atoms with Gasteiger partial charge in [0.1, 0.15) is 11.4 Å². The Bertz CT molecular complexity index is 1410. The molecule has 0 unspecified atom stereocenters. The summed E-state index contributed by atoms with van der Waals surface area (Å²) in [4.78, 5) is 29.2. The molecule has 2 aromatic rings. The van der Waals surface area contributed by atoms with E-state index in [4.69, 9.17) is 14.9 Å². The van der Waals surface area contributed by atoms with Gasteiger partial charge in [0.05, 0.1) is 25.1 Å². The van der Waals surface area contributed by atoms with Crippen molar-refractivity contribution in [2.24, 2.45) is 5.92 Å². The number of methoxy groups -OCH3 is 1. The van der Waals surface area contributed by atoms with Crippen LogP contribution in [0.15, 0.2) is 42.5 Å². The van der Waals surface area contributed by atoms with Gasteiger partial charge in [0.25, 0.3) is 5.91 Å². The van der Waals surface area contributed by atoms with Gasteiger partial charge in [-0.1, -0.05) is 31.2 Å². The van der Waals surface area contributed by atoms with Crippen LogP contribution < -0.4 is 15.4 Å². The SMILES string of the molecule is CC[C@]12CC/C=C\c3ccc4c(c3)[C@H](CC(C)(C)O4)NC(=O)c3ccc4c(c3)[C@@H]([C@H](COC)C4)N(C(=N)N1)C(=O)C2. The van der Waals surface area contributed by atoms with Gasteiger partial charge in [-0.05, 0) is 80.5 Å². The topological polar surface area (TPSA) is 104 Å². The van der Waals surface area contributed by atoms with Crippen LogP contribution in [0.3, 0.4) is 0 Å². The predicted octanol–water partition coefficient (Wildman–Crippen LogP) is 5.29. The number of nitrogens with zero attached hydrogens (tertiary/aromatic N) is 1. The molecular weight excluding hydrogens is 516 g/mol. The van der Waals surface area contributed by atoms with E-state index in [9.17, 15) is 9.59 Å². The minimum atomic E-state index is -0.471. The number of amides is 2. The lowest BCUT2D eigenvalue weighted by atomic mass is 9.83. The Kier molecular flexibility index (Phi) is 6.92. The summed E-state index contributed by atoms with van der Waals surface area (Å²) >= 11 is 0. The maximum absolute atomic E-state index is 13.8. The summed E-state index contributed by atoms with van der Waals surface area (Å²) in [6, 6.07) is 11.3. The Morgan fingerprint density at radius 3 is 2.73 bits per heavy atom. The molecule has 1 saturated heterocycles. The summed E-state index contributed by atoms with van der Waals surface area (Å²) in [5.74, 6) is 0.695. The van der Waals surface area contributed by atoms with Crippen LogP contribution in [0.5, 0.6) is 5.75 Å². The smallest absolute Gasteiger partial charge is 0.251 e. The van der Waals surface area contributed by atoms with Gasteiger partial charge in [-0.3, -0.25) is 19.9 Å². The molecule has 1 aliphatic carbocycles. The summed E-state index contributed by atoms with van der Waals surface area (Å²) in [7, 11) is 1.67. The molecule has 216 valence electrons. The monoisotopic (exact) mass is 556 g/mol. The molecule has 5 aliphatic rings. The fourth-order valence-electron chi connectivity index (χ4n) is 7.18. The molecule has 2 aromatic carbocycles. The van der Waals surface area contributed by atoms with Crippen molar-refractivity contribution in [2.75, 3.05) is 13.7 Å². The number of guanidine groups is 1. The number of ether oxygens (including phenoxy) is 2.